The number of carbonyl (C=O) groups is 1. The van der Waals surface area contributed by atoms with Gasteiger partial charge in [0.25, 0.3) is 0 Å². The van der Waals surface area contributed by atoms with Crippen molar-refractivity contribution in [3.8, 4) is 0 Å². The number of hydrogen-bond acceptors (Lipinski definition) is 2. The van der Waals surface area contributed by atoms with E-state index in [0.29, 0.717) is 17.9 Å². The van der Waals surface area contributed by atoms with E-state index in [2.05, 4.69) is 19.2 Å². The SMILES string of the molecule is CC1CCCC(NC(=O)C(C)(C)Sc2ccc(Cl)cc2)C1C. The van der Waals surface area contributed by atoms with Crippen LogP contribution in [0.3, 0.4) is 0 Å². The largest absolute Gasteiger partial charge is 0.352 e. The van der Waals surface area contributed by atoms with Gasteiger partial charge >= 0.3 is 0 Å². The molecule has 22 heavy (non-hydrogen) atoms. The van der Waals surface area contributed by atoms with Crippen LogP contribution in [0, 0.1) is 11.8 Å². The molecule has 0 heterocycles. The Kier molecular flexibility index (Phi) is 5.84. The minimum atomic E-state index is -0.492. The normalized spacial score (nSPS) is 25.8. The summed E-state index contributed by atoms with van der Waals surface area (Å²) >= 11 is 7.50. The van der Waals surface area contributed by atoms with E-state index in [-0.39, 0.29) is 5.91 Å². The third-order valence-electron chi connectivity index (χ3n) is 4.76. The third kappa shape index (κ3) is 4.42. The summed E-state index contributed by atoms with van der Waals surface area (Å²) in [6.07, 6.45) is 3.58. The van der Waals surface area contributed by atoms with Crippen molar-refractivity contribution >= 4 is 29.3 Å². The quantitative estimate of drug-likeness (QED) is 0.768. The molecule has 122 valence electrons. The number of halogens is 1. The Balaban J connectivity index is 1.99. The standard InChI is InChI=1S/C18H26ClNOS/c1-12-6-5-7-16(13(12)2)20-17(21)18(3,4)22-15-10-8-14(19)9-11-15/h8-13,16H,5-7H2,1-4H3,(H,20,21). The van der Waals surface area contributed by atoms with Crippen LogP contribution in [0.2, 0.25) is 5.02 Å². The number of benzene rings is 1. The van der Waals surface area contributed by atoms with E-state index >= 15 is 0 Å². The summed E-state index contributed by atoms with van der Waals surface area (Å²) in [5.41, 5.74) is 0. The second-order valence-electron chi connectivity index (χ2n) is 6.91. The molecule has 1 aliphatic rings. The lowest BCUT2D eigenvalue weighted by Crippen LogP contribution is -2.49. The first-order chi connectivity index (χ1) is 10.3. The van der Waals surface area contributed by atoms with E-state index in [4.69, 9.17) is 11.6 Å². The molecule has 1 N–H and O–H groups in total. The van der Waals surface area contributed by atoms with Crippen molar-refractivity contribution < 1.29 is 4.79 Å². The molecule has 1 amide bonds. The van der Waals surface area contributed by atoms with Crippen LogP contribution in [-0.4, -0.2) is 16.7 Å². The highest BCUT2D eigenvalue weighted by molar-refractivity contribution is 8.01. The van der Waals surface area contributed by atoms with Gasteiger partial charge in [-0.3, -0.25) is 4.79 Å². The van der Waals surface area contributed by atoms with Gasteiger partial charge in [-0.25, -0.2) is 0 Å². The van der Waals surface area contributed by atoms with Crippen molar-refractivity contribution in [3.63, 3.8) is 0 Å². The summed E-state index contributed by atoms with van der Waals surface area (Å²) in [4.78, 5) is 13.8. The summed E-state index contributed by atoms with van der Waals surface area (Å²) in [6, 6.07) is 7.97. The summed E-state index contributed by atoms with van der Waals surface area (Å²) in [5, 5.41) is 4.00. The van der Waals surface area contributed by atoms with E-state index in [0.717, 1.165) is 16.3 Å². The van der Waals surface area contributed by atoms with Crippen LogP contribution in [0.15, 0.2) is 29.2 Å². The molecule has 0 saturated heterocycles. The number of thioether (sulfide) groups is 1. The Hall–Kier alpha value is -0.670. The van der Waals surface area contributed by atoms with Gasteiger partial charge in [0.1, 0.15) is 0 Å². The van der Waals surface area contributed by atoms with E-state index < -0.39 is 4.75 Å². The Morgan fingerprint density at radius 3 is 2.50 bits per heavy atom. The van der Waals surface area contributed by atoms with Gasteiger partial charge in [0.15, 0.2) is 0 Å². The lowest BCUT2D eigenvalue weighted by atomic mass is 9.78. The Morgan fingerprint density at radius 1 is 1.23 bits per heavy atom. The summed E-state index contributed by atoms with van der Waals surface area (Å²) in [5.74, 6) is 1.36. The summed E-state index contributed by atoms with van der Waals surface area (Å²) in [7, 11) is 0. The van der Waals surface area contributed by atoms with Gasteiger partial charge < -0.3 is 5.32 Å². The summed E-state index contributed by atoms with van der Waals surface area (Å²) in [6.45, 7) is 8.52. The molecular formula is C18H26ClNOS. The molecule has 1 aromatic carbocycles. The van der Waals surface area contributed by atoms with Gasteiger partial charge in [-0.2, -0.15) is 0 Å². The average Bonchev–Trinajstić information content (AvgIpc) is 2.46. The highest BCUT2D eigenvalue weighted by atomic mass is 35.5. The van der Waals surface area contributed by atoms with Crippen LogP contribution < -0.4 is 5.32 Å². The predicted octanol–water partition coefficient (Wildman–Crippen LogP) is 5.15. The van der Waals surface area contributed by atoms with Gasteiger partial charge in [-0.05, 0) is 56.4 Å². The zero-order valence-electron chi connectivity index (χ0n) is 13.9. The zero-order valence-corrected chi connectivity index (χ0v) is 15.4. The first kappa shape index (κ1) is 17.7. The second-order valence-corrected chi connectivity index (χ2v) is 9.05. The van der Waals surface area contributed by atoms with Crippen LogP contribution >= 0.6 is 23.4 Å². The van der Waals surface area contributed by atoms with Crippen LogP contribution in [0.1, 0.15) is 47.0 Å². The molecule has 1 fully saturated rings. The number of hydrogen-bond donors (Lipinski definition) is 1. The topological polar surface area (TPSA) is 29.1 Å². The molecule has 4 heteroatoms. The first-order valence-electron chi connectivity index (χ1n) is 8.05. The van der Waals surface area contributed by atoms with Crippen LogP contribution in [0.25, 0.3) is 0 Å². The van der Waals surface area contributed by atoms with E-state index in [9.17, 15) is 4.79 Å². The van der Waals surface area contributed by atoms with E-state index in [1.165, 1.54) is 12.8 Å². The fraction of sp³-hybridized carbons (Fsp3) is 0.611. The fourth-order valence-electron chi connectivity index (χ4n) is 2.97. The molecular weight excluding hydrogens is 314 g/mol. The molecule has 3 atom stereocenters. The zero-order chi connectivity index (χ0) is 16.3. The minimum Gasteiger partial charge on any atom is -0.352 e. The number of nitrogens with one attached hydrogen (secondary N) is 1. The Morgan fingerprint density at radius 2 is 1.86 bits per heavy atom. The number of carbonyl (C=O) groups excluding carboxylic acids is 1. The van der Waals surface area contributed by atoms with Crippen molar-refractivity contribution in [1.82, 2.24) is 5.32 Å². The molecule has 0 bridgehead atoms. The number of amides is 1. The van der Waals surface area contributed by atoms with Crippen molar-refractivity contribution in [2.75, 3.05) is 0 Å². The third-order valence-corrected chi connectivity index (χ3v) is 6.21. The predicted molar refractivity (Wildman–Crippen MR) is 95.5 cm³/mol. The van der Waals surface area contributed by atoms with Gasteiger partial charge in [0.2, 0.25) is 5.91 Å². The molecule has 0 aliphatic heterocycles. The average molecular weight is 340 g/mol. The fourth-order valence-corrected chi connectivity index (χ4v) is 4.11. The number of rotatable bonds is 4. The van der Waals surface area contributed by atoms with Crippen molar-refractivity contribution in [1.29, 1.82) is 0 Å². The maximum atomic E-state index is 12.7. The maximum Gasteiger partial charge on any atom is 0.236 e. The maximum absolute atomic E-state index is 12.7. The smallest absolute Gasteiger partial charge is 0.236 e. The molecule has 3 unspecified atom stereocenters. The highest BCUT2D eigenvalue weighted by Crippen LogP contribution is 2.35. The molecule has 0 spiro atoms. The Labute approximate surface area is 143 Å². The highest BCUT2D eigenvalue weighted by Gasteiger charge is 2.34. The van der Waals surface area contributed by atoms with Crippen LogP contribution in [-0.2, 0) is 4.79 Å². The lowest BCUT2D eigenvalue weighted by Gasteiger charge is -2.36. The second kappa shape index (κ2) is 7.27. The van der Waals surface area contributed by atoms with Gasteiger partial charge in [-0.15, -0.1) is 11.8 Å². The molecule has 0 aromatic heterocycles. The molecule has 1 aromatic rings. The van der Waals surface area contributed by atoms with Crippen LogP contribution in [0.5, 0.6) is 0 Å². The minimum absolute atomic E-state index is 0.124. The van der Waals surface area contributed by atoms with Crippen molar-refractivity contribution in [2.45, 2.75) is 62.6 Å². The van der Waals surface area contributed by atoms with Crippen molar-refractivity contribution in [2.24, 2.45) is 11.8 Å². The lowest BCUT2D eigenvalue weighted by molar-refractivity contribution is -0.124. The molecule has 1 aliphatic carbocycles. The van der Waals surface area contributed by atoms with E-state index in [1.54, 1.807) is 11.8 Å². The Bertz CT molecular complexity index is 514. The van der Waals surface area contributed by atoms with E-state index in [1.807, 2.05) is 38.1 Å². The van der Waals surface area contributed by atoms with Gasteiger partial charge in [0.05, 0.1) is 4.75 Å². The molecule has 2 nitrogen and oxygen atoms in total. The van der Waals surface area contributed by atoms with Gasteiger partial charge in [0, 0.05) is 16.0 Å². The molecule has 2 rings (SSSR count). The molecule has 0 radical (unpaired) electrons. The molecule has 1 saturated carbocycles. The monoisotopic (exact) mass is 339 g/mol. The summed E-state index contributed by atoms with van der Waals surface area (Å²) < 4.78 is -0.492. The van der Waals surface area contributed by atoms with Crippen molar-refractivity contribution in [3.05, 3.63) is 29.3 Å². The van der Waals surface area contributed by atoms with Crippen LogP contribution in [0.4, 0.5) is 0 Å². The van der Waals surface area contributed by atoms with Gasteiger partial charge in [-0.1, -0.05) is 38.3 Å². The first-order valence-corrected chi connectivity index (χ1v) is 9.24.